The third-order valence-corrected chi connectivity index (χ3v) is 16.6. The molecule has 0 aliphatic rings. The van der Waals surface area contributed by atoms with E-state index in [4.69, 9.17) is 41.7 Å². The van der Waals surface area contributed by atoms with Gasteiger partial charge in [0.15, 0.2) is 0 Å². The Hall–Kier alpha value is 2.19. The van der Waals surface area contributed by atoms with E-state index in [1.54, 1.807) is 10.8 Å². The Labute approximate surface area is 144 Å². The highest BCUT2D eigenvalue weighted by Crippen LogP contribution is 2.68. The van der Waals surface area contributed by atoms with Gasteiger partial charge >= 0.3 is 0 Å². The summed E-state index contributed by atoms with van der Waals surface area (Å²) in [7, 11) is 3.08. The molecule has 0 aromatic rings. The molecule has 11 heteroatoms. The summed E-state index contributed by atoms with van der Waals surface area (Å²) in [6.07, 6.45) is 0. The van der Waals surface area contributed by atoms with Crippen molar-refractivity contribution >= 4 is 67.6 Å². The van der Waals surface area contributed by atoms with E-state index in [1.165, 1.54) is 21.8 Å². The summed E-state index contributed by atoms with van der Waals surface area (Å²) in [6, 6.07) is 0. The first-order chi connectivity index (χ1) is 9.45. The number of hydrogen-bond acceptors (Lipinski definition) is 9. The summed E-state index contributed by atoms with van der Waals surface area (Å²) in [5, 5.41) is 0.737. The van der Waals surface area contributed by atoms with Crippen LogP contribution in [0.2, 0.25) is 0 Å². The molecule has 4 nitrogen and oxygen atoms in total. The summed E-state index contributed by atoms with van der Waals surface area (Å²) < 4.78 is 22.2. The van der Waals surface area contributed by atoms with Gasteiger partial charge in [0.25, 0.3) is 5.69 Å². The molecule has 20 heavy (non-hydrogen) atoms. The van der Waals surface area contributed by atoms with Gasteiger partial charge in [-0.25, -0.2) is 0 Å². The molecule has 0 bridgehead atoms. The van der Waals surface area contributed by atoms with Gasteiger partial charge in [0, 0.05) is 0 Å². The second kappa shape index (κ2) is 12.6. The quantitative estimate of drug-likeness (QED) is 0.164. The summed E-state index contributed by atoms with van der Waals surface area (Å²) in [6.45, 7) is 9.95. The van der Waals surface area contributed by atoms with Crippen LogP contribution in [-0.4, -0.2) is 31.5 Å². The van der Waals surface area contributed by atoms with Crippen LogP contribution in [0, 0.1) is 0 Å². The minimum Gasteiger partial charge on any atom is -0.322 e. The second-order valence-corrected chi connectivity index (χ2v) is 17.8. The zero-order chi connectivity index (χ0) is 15.5. The molecule has 0 unspecified atom stereocenters. The standard InChI is InChI=1S/C9H22O4P2S5/c1-5-10-14(16,11-6-2)18-9-19-20-15(17,12-7-3)13-8-4/h5-9H2,1-4H3. The van der Waals surface area contributed by atoms with Crippen molar-refractivity contribution in [2.75, 3.05) is 31.5 Å². The van der Waals surface area contributed by atoms with E-state index in [-0.39, 0.29) is 0 Å². The fourth-order valence-corrected chi connectivity index (χ4v) is 15.8. The van der Waals surface area contributed by atoms with Crippen LogP contribution in [0.1, 0.15) is 27.7 Å². The minimum atomic E-state index is -2.24. The highest BCUT2D eigenvalue weighted by molar-refractivity contribution is 9.04. The Morgan fingerprint density at radius 2 is 1.15 bits per heavy atom. The van der Waals surface area contributed by atoms with Crippen molar-refractivity contribution in [3.8, 4) is 0 Å². The van der Waals surface area contributed by atoms with Crippen molar-refractivity contribution in [1.29, 1.82) is 0 Å². The number of rotatable bonds is 13. The Bertz CT molecular complexity index is 292. The van der Waals surface area contributed by atoms with Crippen molar-refractivity contribution < 1.29 is 18.1 Å². The molecule has 0 aliphatic carbocycles. The third-order valence-electron chi connectivity index (χ3n) is 1.55. The van der Waals surface area contributed by atoms with Gasteiger partial charge in [0.1, 0.15) is 0 Å². The van der Waals surface area contributed by atoms with Crippen LogP contribution in [0.3, 0.4) is 0 Å². The molecule has 0 heterocycles. The van der Waals surface area contributed by atoms with Gasteiger partial charge in [0.2, 0.25) is 5.69 Å². The van der Waals surface area contributed by atoms with E-state index >= 15 is 0 Å². The third kappa shape index (κ3) is 10.1. The van der Waals surface area contributed by atoms with Gasteiger partial charge in [-0.2, -0.15) is 0 Å². The van der Waals surface area contributed by atoms with E-state index in [0.29, 0.717) is 26.4 Å². The summed E-state index contributed by atoms with van der Waals surface area (Å²) >= 11 is 12.4. The largest absolute Gasteiger partial charge is 0.322 e. The van der Waals surface area contributed by atoms with E-state index in [9.17, 15) is 0 Å². The van der Waals surface area contributed by atoms with Crippen molar-refractivity contribution in [2.45, 2.75) is 27.7 Å². The lowest BCUT2D eigenvalue weighted by atomic mass is 10.9. The number of hydrogen-bond donors (Lipinski definition) is 0. The van der Waals surface area contributed by atoms with Gasteiger partial charge in [-0.15, -0.1) is 0 Å². The molecule has 0 rings (SSSR count). The van der Waals surface area contributed by atoms with Gasteiger partial charge in [-0.05, 0) is 61.7 Å². The first kappa shape index (κ1) is 22.2. The van der Waals surface area contributed by atoms with Crippen LogP contribution in [0.5, 0.6) is 0 Å². The summed E-state index contributed by atoms with van der Waals surface area (Å²) in [5.41, 5.74) is -4.46. The molecule has 0 fully saturated rings. The maximum Gasteiger partial charge on any atom is 0.257 e. The first-order valence-electron chi connectivity index (χ1n) is 6.19. The molecule has 0 amide bonds. The normalized spacial score (nSPS) is 12.8. The van der Waals surface area contributed by atoms with Crippen LogP contribution in [0.15, 0.2) is 0 Å². The zero-order valence-corrected chi connectivity index (χ0v) is 18.0. The molecule has 0 radical (unpaired) electrons. The fraction of sp³-hybridized carbons (Fsp3) is 1.00. The maximum absolute atomic E-state index is 5.56. The average molecular weight is 417 g/mol. The minimum absolute atomic E-state index is 0.563. The molecule has 0 saturated heterocycles. The van der Waals surface area contributed by atoms with Crippen LogP contribution in [-0.2, 0) is 41.7 Å². The Morgan fingerprint density at radius 3 is 1.55 bits per heavy atom. The van der Waals surface area contributed by atoms with E-state index in [2.05, 4.69) is 0 Å². The lowest BCUT2D eigenvalue weighted by Gasteiger charge is -2.21. The monoisotopic (exact) mass is 416 g/mol. The van der Waals surface area contributed by atoms with Crippen molar-refractivity contribution in [3.05, 3.63) is 0 Å². The predicted molar refractivity (Wildman–Crippen MR) is 103 cm³/mol. The predicted octanol–water partition coefficient (Wildman–Crippen LogP) is 5.65. The molecule has 0 spiro atoms. The van der Waals surface area contributed by atoms with E-state index in [1.807, 2.05) is 27.7 Å². The molecule has 0 N–H and O–H groups in total. The van der Waals surface area contributed by atoms with E-state index < -0.39 is 11.4 Å². The van der Waals surface area contributed by atoms with Crippen LogP contribution in [0.4, 0.5) is 0 Å². The lowest BCUT2D eigenvalue weighted by Crippen LogP contribution is -1.92. The maximum atomic E-state index is 5.56. The highest BCUT2D eigenvalue weighted by Gasteiger charge is 2.22. The Morgan fingerprint density at radius 1 is 0.750 bits per heavy atom. The van der Waals surface area contributed by atoms with Crippen molar-refractivity contribution in [1.82, 2.24) is 0 Å². The smallest absolute Gasteiger partial charge is 0.257 e. The Balaban J connectivity index is 4.20. The summed E-state index contributed by atoms with van der Waals surface area (Å²) in [4.78, 5) is 0. The van der Waals surface area contributed by atoms with Crippen LogP contribution < -0.4 is 0 Å². The second-order valence-electron chi connectivity index (χ2n) is 3.00. The molecule has 0 aromatic carbocycles. The molecule has 0 saturated carbocycles. The van der Waals surface area contributed by atoms with Gasteiger partial charge in [0.05, 0.1) is 31.5 Å². The van der Waals surface area contributed by atoms with Gasteiger partial charge in [-0.3, -0.25) is 0 Å². The van der Waals surface area contributed by atoms with Gasteiger partial charge in [-0.1, -0.05) is 22.2 Å². The molecule has 0 aliphatic heterocycles. The highest BCUT2D eigenvalue weighted by atomic mass is 33.4. The van der Waals surface area contributed by atoms with Crippen LogP contribution in [0.25, 0.3) is 0 Å². The summed E-state index contributed by atoms with van der Waals surface area (Å²) in [5.74, 6) is 0. The molecule has 0 aromatic heterocycles. The van der Waals surface area contributed by atoms with Crippen LogP contribution >= 0.6 is 44.0 Å². The SMILES string of the molecule is CCOP(=S)(OCC)SCSSP(=S)(OCC)OCC. The molecular weight excluding hydrogens is 394 g/mol. The zero-order valence-electron chi connectivity index (χ0n) is 12.1. The van der Waals surface area contributed by atoms with E-state index in [0.717, 1.165) is 5.08 Å². The van der Waals surface area contributed by atoms with Gasteiger partial charge < -0.3 is 18.1 Å². The lowest BCUT2D eigenvalue weighted by molar-refractivity contribution is 0.280. The molecule has 0 atom stereocenters. The Kier molecular flexibility index (Phi) is 14.0. The first-order valence-corrected chi connectivity index (χ1v) is 16.0. The van der Waals surface area contributed by atoms with Crippen molar-refractivity contribution in [3.63, 3.8) is 0 Å². The fourth-order valence-electron chi connectivity index (χ4n) is 0.997. The van der Waals surface area contributed by atoms with Crippen molar-refractivity contribution in [2.24, 2.45) is 0 Å². The average Bonchev–Trinajstić information content (AvgIpc) is 2.36. The molecule has 122 valence electrons. The topological polar surface area (TPSA) is 36.9 Å². The molecular formula is C9H22O4P2S5.